The van der Waals surface area contributed by atoms with Crippen LogP contribution in [0.4, 0.5) is 0 Å². The van der Waals surface area contributed by atoms with E-state index in [2.05, 4.69) is 11.4 Å². The van der Waals surface area contributed by atoms with Gasteiger partial charge in [0, 0.05) is 35.7 Å². The Morgan fingerprint density at radius 2 is 1.91 bits per heavy atom. The first kappa shape index (κ1) is 25.2. The molecular weight excluding hydrogens is 484 g/mol. The predicted molar refractivity (Wildman–Crippen MR) is 138 cm³/mol. The number of fused-ring (bicyclic) bond motifs is 1. The van der Waals surface area contributed by atoms with Crippen molar-refractivity contribution in [1.29, 1.82) is 0 Å². The van der Waals surface area contributed by atoms with Gasteiger partial charge in [0.2, 0.25) is 5.91 Å². The Labute approximate surface area is 215 Å². The molecule has 2 aromatic carbocycles. The molecule has 2 amide bonds. The fraction of sp³-hybridized carbons (Fsp3) is 0.333. The summed E-state index contributed by atoms with van der Waals surface area (Å²) in [5.41, 5.74) is 2.58. The Morgan fingerprint density at radius 3 is 2.66 bits per heavy atom. The fourth-order valence-electron chi connectivity index (χ4n) is 4.27. The van der Waals surface area contributed by atoms with E-state index >= 15 is 0 Å². The fourth-order valence-corrected chi connectivity index (χ4v) is 5.33. The Morgan fingerprint density at radius 1 is 1.14 bits per heavy atom. The molecule has 0 spiro atoms. The topological polar surface area (TPSA) is 59.1 Å². The summed E-state index contributed by atoms with van der Waals surface area (Å²) >= 11 is 7.70. The van der Waals surface area contributed by atoms with Crippen LogP contribution in [-0.2, 0) is 16.0 Å². The van der Waals surface area contributed by atoms with Gasteiger partial charge in [-0.2, -0.15) is 0 Å². The molecule has 1 aliphatic rings. The van der Waals surface area contributed by atoms with Crippen molar-refractivity contribution in [3.05, 3.63) is 86.6 Å². The number of thiophene rings is 1. The highest BCUT2D eigenvalue weighted by Gasteiger charge is 2.33. The normalized spacial score (nSPS) is 14.9. The second kappa shape index (κ2) is 11.7. The summed E-state index contributed by atoms with van der Waals surface area (Å²) in [6.45, 7) is 3.46. The minimum atomic E-state index is -0.231. The van der Waals surface area contributed by atoms with Gasteiger partial charge in [-0.15, -0.1) is 11.3 Å². The minimum absolute atomic E-state index is 0.0204. The van der Waals surface area contributed by atoms with Crippen molar-refractivity contribution in [3.63, 3.8) is 0 Å². The van der Waals surface area contributed by atoms with Crippen LogP contribution in [0.15, 0.2) is 60.0 Å². The minimum Gasteiger partial charge on any atom is -0.491 e. The van der Waals surface area contributed by atoms with Gasteiger partial charge in [-0.1, -0.05) is 29.8 Å². The SMILES string of the molecule is COCCN(CC(=O)N1CCc2sccc2C1COc1ccc(Cl)cc1)C(=O)c1ccccc1C. The lowest BCUT2D eigenvalue weighted by molar-refractivity contribution is -0.135. The zero-order valence-corrected chi connectivity index (χ0v) is 21.5. The number of hydrogen-bond acceptors (Lipinski definition) is 5. The molecule has 0 bridgehead atoms. The van der Waals surface area contributed by atoms with Crippen LogP contribution in [0.25, 0.3) is 0 Å². The molecule has 6 nitrogen and oxygen atoms in total. The number of amides is 2. The third kappa shape index (κ3) is 6.04. The maximum absolute atomic E-state index is 13.6. The molecule has 0 N–H and O–H groups in total. The van der Waals surface area contributed by atoms with Crippen LogP contribution in [0.3, 0.4) is 0 Å². The summed E-state index contributed by atoms with van der Waals surface area (Å²) in [6.07, 6.45) is 0.792. The monoisotopic (exact) mass is 512 g/mol. The van der Waals surface area contributed by atoms with Gasteiger partial charge in [-0.3, -0.25) is 9.59 Å². The average molecular weight is 513 g/mol. The molecule has 0 radical (unpaired) electrons. The number of methoxy groups -OCH3 is 1. The van der Waals surface area contributed by atoms with E-state index in [-0.39, 0.29) is 24.4 Å². The second-order valence-electron chi connectivity index (χ2n) is 8.45. The number of benzene rings is 2. The van der Waals surface area contributed by atoms with Crippen LogP contribution in [0.2, 0.25) is 5.02 Å². The molecule has 4 rings (SSSR count). The highest BCUT2D eigenvalue weighted by Crippen LogP contribution is 2.34. The van der Waals surface area contributed by atoms with Crippen LogP contribution in [0.1, 0.15) is 32.4 Å². The summed E-state index contributed by atoms with van der Waals surface area (Å²) in [5, 5.41) is 2.70. The third-order valence-electron chi connectivity index (χ3n) is 6.19. The first-order valence-electron chi connectivity index (χ1n) is 11.6. The second-order valence-corrected chi connectivity index (χ2v) is 9.89. The summed E-state index contributed by atoms with van der Waals surface area (Å²) in [4.78, 5) is 31.6. The molecule has 0 fully saturated rings. The number of ether oxygens (including phenoxy) is 2. The maximum atomic E-state index is 13.6. The lowest BCUT2D eigenvalue weighted by Gasteiger charge is -2.37. The standard InChI is InChI=1S/C27H29ClN2O4S/c1-19-5-3-4-6-22(19)27(32)29(14-15-33-2)17-26(31)30-13-11-25-23(12-16-35-25)24(30)18-34-21-9-7-20(28)8-10-21/h3-10,12,16,24H,11,13-15,17-18H2,1-2H3. The van der Waals surface area contributed by atoms with Gasteiger partial charge in [0.25, 0.3) is 5.91 Å². The Kier molecular flexibility index (Phi) is 8.44. The molecule has 0 saturated heterocycles. The zero-order chi connectivity index (χ0) is 24.8. The van der Waals surface area contributed by atoms with Gasteiger partial charge in [0.15, 0.2) is 0 Å². The molecule has 184 valence electrons. The zero-order valence-electron chi connectivity index (χ0n) is 19.9. The number of carbonyl (C=O) groups excluding carboxylic acids is 2. The van der Waals surface area contributed by atoms with Crippen molar-refractivity contribution in [1.82, 2.24) is 9.80 Å². The van der Waals surface area contributed by atoms with E-state index in [1.807, 2.05) is 42.2 Å². The number of nitrogens with zero attached hydrogens (tertiary/aromatic N) is 2. The van der Waals surface area contributed by atoms with E-state index in [0.717, 1.165) is 17.5 Å². The number of carbonyl (C=O) groups is 2. The molecule has 1 unspecified atom stereocenters. The van der Waals surface area contributed by atoms with Crippen LogP contribution >= 0.6 is 22.9 Å². The van der Waals surface area contributed by atoms with E-state index in [1.165, 1.54) is 4.88 Å². The molecule has 1 aliphatic heterocycles. The van der Waals surface area contributed by atoms with E-state index in [9.17, 15) is 9.59 Å². The molecule has 3 aromatic rings. The van der Waals surface area contributed by atoms with Crippen LogP contribution in [-0.4, -0.2) is 61.6 Å². The van der Waals surface area contributed by atoms with Gasteiger partial charge < -0.3 is 19.3 Å². The number of hydrogen-bond donors (Lipinski definition) is 0. The van der Waals surface area contributed by atoms with E-state index < -0.39 is 0 Å². The Balaban J connectivity index is 1.53. The molecular formula is C27H29ClN2O4S. The lowest BCUT2D eigenvalue weighted by Crippen LogP contribution is -2.48. The molecule has 35 heavy (non-hydrogen) atoms. The maximum Gasteiger partial charge on any atom is 0.254 e. The van der Waals surface area contributed by atoms with Gasteiger partial charge in [0.1, 0.15) is 18.9 Å². The Hall–Kier alpha value is -2.87. The average Bonchev–Trinajstić information content (AvgIpc) is 3.35. The van der Waals surface area contributed by atoms with E-state index in [1.54, 1.807) is 41.5 Å². The quantitative estimate of drug-likeness (QED) is 0.404. The van der Waals surface area contributed by atoms with Gasteiger partial charge >= 0.3 is 0 Å². The number of aryl methyl sites for hydroxylation is 1. The number of rotatable bonds is 9. The van der Waals surface area contributed by atoms with Crippen LogP contribution < -0.4 is 4.74 Å². The molecule has 1 atom stereocenters. The van der Waals surface area contributed by atoms with E-state index in [4.69, 9.17) is 21.1 Å². The smallest absolute Gasteiger partial charge is 0.254 e. The summed E-state index contributed by atoms with van der Waals surface area (Å²) in [5.74, 6) is 0.417. The van der Waals surface area contributed by atoms with Crippen molar-refractivity contribution in [3.8, 4) is 5.75 Å². The van der Waals surface area contributed by atoms with Crippen LogP contribution in [0.5, 0.6) is 5.75 Å². The van der Waals surface area contributed by atoms with Crippen LogP contribution in [0, 0.1) is 6.92 Å². The summed E-state index contributed by atoms with van der Waals surface area (Å²) < 4.78 is 11.3. The largest absolute Gasteiger partial charge is 0.491 e. The molecule has 8 heteroatoms. The summed E-state index contributed by atoms with van der Waals surface area (Å²) in [7, 11) is 1.59. The lowest BCUT2D eigenvalue weighted by atomic mass is 10.00. The molecule has 0 aliphatic carbocycles. The highest BCUT2D eigenvalue weighted by molar-refractivity contribution is 7.10. The van der Waals surface area contributed by atoms with E-state index in [0.29, 0.717) is 42.6 Å². The van der Waals surface area contributed by atoms with Crippen molar-refractivity contribution in [2.24, 2.45) is 0 Å². The molecule has 1 aromatic heterocycles. The van der Waals surface area contributed by atoms with Gasteiger partial charge in [0.05, 0.1) is 12.6 Å². The van der Waals surface area contributed by atoms with Gasteiger partial charge in [-0.05, 0) is 66.2 Å². The van der Waals surface area contributed by atoms with Crippen molar-refractivity contribution in [2.75, 3.05) is 40.0 Å². The third-order valence-corrected chi connectivity index (χ3v) is 7.44. The first-order valence-corrected chi connectivity index (χ1v) is 12.8. The first-order chi connectivity index (χ1) is 17.0. The van der Waals surface area contributed by atoms with Crippen molar-refractivity contribution < 1.29 is 19.1 Å². The molecule has 2 heterocycles. The highest BCUT2D eigenvalue weighted by atomic mass is 35.5. The van der Waals surface area contributed by atoms with Crippen molar-refractivity contribution >= 4 is 34.8 Å². The summed E-state index contributed by atoms with van der Waals surface area (Å²) in [6, 6.07) is 16.5. The molecule has 0 saturated carbocycles. The number of halogens is 1. The Bertz CT molecular complexity index is 1160. The van der Waals surface area contributed by atoms with Gasteiger partial charge in [-0.25, -0.2) is 0 Å². The van der Waals surface area contributed by atoms with Crippen molar-refractivity contribution in [2.45, 2.75) is 19.4 Å². The predicted octanol–water partition coefficient (Wildman–Crippen LogP) is 5.00.